The first-order chi connectivity index (χ1) is 10.1. The van der Waals surface area contributed by atoms with Gasteiger partial charge in [-0.3, -0.25) is 4.90 Å². The molecule has 0 saturated carbocycles. The van der Waals surface area contributed by atoms with Crippen LogP contribution in [0.15, 0.2) is 18.2 Å². The van der Waals surface area contributed by atoms with E-state index in [2.05, 4.69) is 5.32 Å². The molecule has 1 atom stereocenters. The summed E-state index contributed by atoms with van der Waals surface area (Å²) in [6, 6.07) is -0.754. The van der Waals surface area contributed by atoms with Gasteiger partial charge in [-0.2, -0.15) is 26.3 Å². The van der Waals surface area contributed by atoms with E-state index in [0.717, 1.165) is 11.0 Å². The summed E-state index contributed by atoms with van der Waals surface area (Å²) in [5.74, 6) is -1.59. The zero-order valence-electron chi connectivity index (χ0n) is 12.0. The number of halogens is 9. The minimum Gasteiger partial charge on any atom is -0.314 e. The lowest BCUT2D eigenvalue weighted by Crippen LogP contribution is -2.49. The molecule has 1 N–H and O–H groups in total. The maximum absolute atomic E-state index is 13.3. The number of hydrogen-bond donors (Lipinski definition) is 1. The van der Waals surface area contributed by atoms with E-state index in [1.165, 1.54) is 0 Å². The lowest BCUT2D eigenvalue weighted by atomic mass is 10.0. The van der Waals surface area contributed by atoms with Crippen LogP contribution in [0.25, 0.3) is 0 Å². The molecule has 0 unspecified atom stereocenters. The topological polar surface area (TPSA) is 15.3 Å². The number of hydrogen-bond acceptors (Lipinski definition) is 2. The first kappa shape index (κ1) is 23.2. The highest BCUT2D eigenvalue weighted by Gasteiger charge is 2.46. The maximum Gasteiger partial charge on any atom is 0.419 e. The summed E-state index contributed by atoms with van der Waals surface area (Å²) in [6.45, 7) is 0.700. The molecule has 2 nitrogen and oxygen atoms in total. The van der Waals surface area contributed by atoms with Crippen LogP contribution in [0.3, 0.4) is 0 Å². The van der Waals surface area contributed by atoms with Crippen LogP contribution >= 0.6 is 24.8 Å². The predicted octanol–water partition coefficient (Wildman–Crippen LogP) is 4.20. The van der Waals surface area contributed by atoms with Gasteiger partial charge in [-0.1, -0.05) is 6.07 Å². The summed E-state index contributed by atoms with van der Waals surface area (Å²) in [6.07, 6.45) is -9.79. The second-order valence-corrected chi connectivity index (χ2v) is 4.97. The molecule has 1 saturated heterocycles. The quantitative estimate of drug-likeness (QED) is 0.745. The van der Waals surface area contributed by atoms with E-state index >= 15 is 0 Å². The standard InChI is InChI=1S/C13H13F7N2.2ClH/c14-10-2-1-8(7-9(10)12(15,16)17)11(13(18,19)20)22-5-3-21-4-6-22;;/h1-2,7,11,21H,3-6H2;2*1H/t11-;;/m1../s1. The van der Waals surface area contributed by atoms with Gasteiger partial charge in [-0.05, 0) is 17.7 Å². The molecule has 0 aromatic heterocycles. The van der Waals surface area contributed by atoms with Gasteiger partial charge in [0.25, 0.3) is 0 Å². The van der Waals surface area contributed by atoms with Crippen molar-refractivity contribution in [3.05, 3.63) is 35.1 Å². The van der Waals surface area contributed by atoms with E-state index in [1.54, 1.807) is 0 Å². The highest BCUT2D eigenvalue weighted by molar-refractivity contribution is 5.85. The molecule has 1 aliphatic rings. The molecule has 0 bridgehead atoms. The summed E-state index contributed by atoms with van der Waals surface area (Å²) in [7, 11) is 0. The number of nitrogens with one attached hydrogen (secondary N) is 1. The molecule has 1 heterocycles. The summed E-state index contributed by atoms with van der Waals surface area (Å²) < 4.78 is 91.1. The fourth-order valence-corrected chi connectivity index (χ4v) is 2.48. The Labute approximate surface area is 146 Å². The Morgan fingerprint density at radius 2 is 1.50 bits per heavy atom. The van der Waals surface area contributed by atoms with Crippen molar-refractivity contribution in [2.45, 2.75) is 18.4 Å². The number of piperazine rings is 1. The van der Waals surface area contributed by atoms with Gasteiger partial charge in [0.15, 0.2) is 0 Å². The molecule has 0 spiro atoms. The van der Waals surface area contributed by atoms with Crippen LogP contribution < -0.4 is 5.32 Å². The lowest BCUT2D eigenvalue weighted by Gasteiger charge is -2.36. The molecule has 2 rings (SSSR count). The Morgan fingerprint density at radius 3 is 1.96 bits per heavy atom. The first-order valence-corrected chi connectivity index (χ1v) is 6.49. The van der Waals surface area contributed by atoms with Gasteiger partial charge in [0.1, 0.15) is 11.9 Å². The van der Waals surface area contributed by atoms with Gasteiger partial charge in [0.2, 0.25) is 0 Å². The van der Waals surface area contributed by atoms with Crippen LogP contribution in [0, 0.1) is 5.82 Å². The van der Waals surface area contributed by atoms with Gasteiger partial charge in [0, 0.05) is 26.2 Å². The largest absolute Gasteiger partial charge is 0.419 e. The summed E-state index contributed by atoms with van der Waals surface area (Å²) in [5, 5.41) is 2.87. The average molecular weight is 403 g/mol. The molecular formula is C13H15Cl2F7N2. The normalized spacial score (nSPS) is 17.6. The van der Waals surface area contributed by atoms with Gasteiger partial charge in [0.05, 0.1) is 5.56 Å². The van der Waals surface area contributed by atoms with Crippen LogP contribution in [0.2, 0.25) is 0 Å². The van der Waals surface area contributed by atoms with Crippen LogP contribution in [-0.2, 0) is 6.18 Å². The zero-order chi connectivity index (χ0) is 16.5. The fourth-order valence-electron chi connectivity index (χ4n) is 2.48. The molecule has 1 aliphatic heterocycles. The SMILES string of the molecule is Cl.Cl.Fc1ccc([C@@H](N2CCNCC2)C(F)(F)F)cc1C(F)(F)F. The van der Waals surface area contributed by atoms with Crippen molar-refractivity contribution in [1.29, 1.82) is 0 Å². The maximum atomic E-state index is 13.3. The van der Waals surface area contributed by atoms with Crippen LogP contribution in [0.4, 0.5) is 30.7 Å². The highest BCUT2D eigenvalue weighted by Crippen LogP contribution is 2.40. The van der Waals surface area contributed by atoms with Gasteiger partial charge < -0.3 is 5.32 Å². The second-order valence-electron chi connectivity index (χ2n) is 4.97. The number of nitrogens with zero attached hydrogens (tertiary/aromatic N) is 1. The van der Waals surface area contributed by atoms with Crippen molar-refractivity contribution in [3.63, 3.8) is 0 Å². The van der Waals surface area contributed by atoms with E-state index in [0.29, 0.717) is 19.2 Å². The Balaban J connectivity index is 0.00000264. The van der Waals surface area contributed by atoms with Crippen molar-refractivity contribution in [3.8, 4) is 0 Å². The smallest absolute Gasteiger partial charge is 0.314 e. The third-order valence-corrected chi connectivity index (χ3v) is 3.44. The van der Waals surface area contributed by atoms with Crippen LogP contribution in [0.1, 0.15) is 17.2 Å². The van der Waals surface area contributed by atoms with Crippen LogP contribution in [0.5, 0.6) is 0 Å². The minimum absolute atomic E-state index is 0. The molecule has 24 heavy (non-hydrogen) atoms. The van der Waals surface area contributed by atoms with E-state index in [-0.39, 0.29) is 44.0 Å². The van der Waals surface area contributed by atoms with Crippen molar-refractivity contribution in [2.24, 2.45) is 0 Å². The fraction of sp³-hybridized carbons (Fsp3) is 0.538. The molecule has 140 valence electrons. The zero-order valence-corrected chi connectivity index (χ0v) is 13.7. The Morgan fingerprint density at radius 1 is 0.958 bits per heavy atom. The molecule has 11 heteroatoms. The van der Waals surface area contributed by atoms with E-state index in [4.69, 9.17) is 0 Å². The Kier molecular flexibility index (Phi) is 8.28. The van der Waals surface area contributed by atoms with E-state index < -0.39 is 35.3 Å². The summed E-state index contributed by atoms with van der Waals surface area (Å²) >= 11 is 0. The molecule has 0 radical (unpaired) electrons. The highest BCUT2D eigenvalue weighted by atomic mass is 35.5. The molecule has 1 aromatic carbocycles. The second kappa shape index (κ2) is 8.55. The Bertz CT molecular complexity index is 528. The number of rotatable bonds is 2. The van der Waals surface area contributed by atoms with Gasteiger partial charge >= 0.3 is 12.4 Å². The number of benzene rings is 1. The predicted molar refractivity (Wildman–Crippen MR) is 79.1 cm³/mol. The number of alkyl halides is 6. The van der Waals surface area contributed by atoms with Gasteiger partial charge in [-0.25, -0.2) is 4.39 Å². The van der Waals surface area contributed by atoms with E-state index in [1.807, 2.05) is 0 Å². The molecular weight excluding hydrogens is 388 g/mol. The third kappa shape index (κ3) is 5.37. The van der Waals surface area contributed by atoms with Crippen molar-refractivity contribution >= 4 is 24.8 Å². The van der Waals surface area contributed by atoms with Crippen molar-refractivity contribution < 1.29 is 30.7 Å². The Hall–Kier alpha value is -0.770. The van der Waals surface area contributed by atoms with Gasteiger partial charge in [-0.15, -0.1) is 24.8 Å². The average Bonchev–Trinajstić information content (AvgIpc) is 2.39. The lowest BCUT2D eigenvalue weighted by molar-refractivity contribution is -0.188. The molecule has 1 fully saturated rings. The summed E-state index contributed by atoms with van der Waals surface area (Å²) in [4.78, 5) is 1.05. The molecule has 0 aliphatic carbocycles. The monoisotopic (exact) mass is 402 g/mol. The third-order valence-electron chi connectivity index (χ3n) is 3.44. The minimum atomic E-state index is -5.04. The van der Waals surface area contributed by atoms with Crippen molar-refractivity contribution in [2.75, 3.05) is 26.2 Å². The molecule has 1 aromatic rings. The summed E-state index contributed by atoms with van der Waals surface area (Å²) in [5.41, 5.74) is -2.29. The van der Waals surface area contributed by atoms with E-state index in [9.17, 15) is 30.7 Å². The molecule has 0 amide bonds. The first-order valence-electron chi connectivity index (χ1n) is 6.49. The van der Waals surface area contributed by atoms with Crippen LogP contribution in [-0.4, -0.2) is 37.3 Å². The van der Waals surface area contributed by atoms with Crippen molar-refractivity contribution in [1.82, 2.24) is 10.2 Å².